The maximum absolute atomic E-state index is 12.8. The molecule has 0 aliphatic heterocycles. The third-order valence-electron chi connectivity index (χ3n) is 7.61. The minimum absolute atomic E-state index is 0.0370. The first-order valence-electron chi connectivity index (χ1n) is 15.7. The average Bonchev–Trinajstić information content (AvgIpc) is 3.99. The smallest absolute Gasteiger partial charge is 0.422 e. The van der Waals surface area contributed by atoms with Crippen LogP contribution in [0.5, 0.6) is 6.01 Å². The lowest BCUT2D eigenvalue weighted by atomic mass is 9.93. The lowest BCUT2D eigenvalue weighted by Gasteiger charge is -2.25. The van der Waals surface area contributed by atoms with Crippen molar-refractivity contribution in [2.75, 3.05) is 36.9 Å². The largest absolute Gasteiger partial charge is 0.454 e. The van der Waals surface area contributed by atoms with E-state index in [2.05, 4.69) is 41.5 Å². The molecular weight excluding hydrogens is 665 g/mol. The molecule has 0 spiro atoms. The van der Waals surface area contributed by atoms with Crippen LogP contribution in [0.25, 0.3) is 0 Å². The Morgan fingerprint density at radius 1 is 0.959 bits per heavy atom. The van der Waals surface area contributed by atoms with Gasteiger partial charge in [0.05, 0.1) is 5.54 Å². The third-order valence-corrected chi connectivity index (χ3v) is 7.86. The van der Waals surface area contributed by atoms with E-state index in [4.69, 9.17) is 16.3 Å². The highest BCUT2D eigenvalue weighted by molar-refractivity contribution is 6.30. The van der Waals surface area contributed by atoms with Crippen molar-refractivity contribution in [1.29, 1.82) is 0 Å². The number of halogens is 4. The number of hydrogen-bond acceptors (Lipinski definition) is 9. The Morgan fingerprint density at radius 3 is 2.16 bits per heavy atom. The molecule has 2 saturated carbocycles. The SMILES string of the molecule is CC(=O)NCC(C)(C)CNC(=O)c1ccc(Nc2nc(NC3(c4ccc(Cl)cc4)CC3)nc(OCC(F)(F)F)n2)cc1.O=CNCC1CC1. The number of anilines is 3. The minimum Gasteiger partial charge on any atom is -0.454 e. The molecule has 264 valence electrons. The molecule has 0 bridgehead atoms. The maximum Gasteiger partial charge on any atom is 0.422 e. The van der Waals surface area contributed by atoms with E-state index in [0.717, 1.165) is 37.3 Å². The van der Waals surface area contributed by atoms with E-state index >= 15 is 0 Å². The number of amides is 3. The molecule has 5 N–H and O–H groups in total. The van der Waals surface area contributed by atoms with Gasteiger partial charge in [-0.3, -0.25) is 14.4 Å². The highest BCUT2D eigenvalue weighted by atomic mass is 35.5. The summed E-state index contributed by atoms with van der Waals surface area (Å²) in [7, 11) is 0. The second-order valence-corrected chi connectivity index (χ2v) is 13.2. The fourth-order valence-corrected chi connectivity index (χ4v) is 4.62. The first-order chi connectivity index (χ1) is 23.1. The second kappa shape index (κ2) is 16.2. The van der Waals surface area contributed by atoms with Crippen molar-refractivity contribution in [3.8, 4) is 6.01 Å². The van der Waals surface area contributed by atoms with Crippen LogP contribution in [0.2, 0.25) is 5.02 Å². The molecule has 0 unspecified atom stereocenters. The van der Waals surface area contributed by atoms with Crippen molar-refractivity contribution in [1.82, 2.24) is 30.9 Å². The van der Waals surface area contributed by atoms with Crippen molar-refractivity contribution in [2.45, 2.75) is 58.2 Å². The normalized spacial score (nSPS) is 14.8. The minimum atomic E-state index is -4.58. The molecule has 16 heteroatoms. The fourth-order valence-electron chi connectivity index (χ4n) is 4.49. The van der Waals surface area contributed by atoms with Crippen LogP contribution in [-0.2, 0) is 15.1 Å². The van der Waals surface area contributed by atoms with Gasteiger partial charge in [0.2, 0.25) is 24.2 Å². The fraction of sp³-hybridized carbons (Fsp3) is 0.455. The molecule has 49 heavy (non-hydrogen) atoms. The molecule has 2 aliphatic carbocycles. The Kier molecular flexibility index (Phi) is 12.3. The molecular formula is C33H40ClF3N8O4. The summed E-state index contributed by atoms with van der Waals surface area (Å²) in [5.74, 6) is 0.351. The van der Waals surface area contributed by atoms with Crippen molar-refractivity contribution in [2.24, 2.45) is 11.3 Å². The lowest BCUT2D eigenvalue weighted by Crippen LogP contribution is -2.41. The van der Waals surface area contributed by atoms with E-state index in [1.165, 1.54) is 19.8 Å². The molecule has 2 aromatic carbocycles. The number of nitrogens with one attached hydrogen (secondary N) is 5. The quantitative estimate of drug-likeness (QED) is 0.132. The lowest BCUT2D eigenvalue weighted by molar-refractivity contribution is -0.154. The number of rotatable bonds is 15. The molecule has 12 nitrogen and oxygen atoms in total. The van der Waals surface area contributed by atoms with Crippen molar-refractivity contribution >= 4 is 47.4 Å². The molecule has 2 aliphatic rings. The number of carbonyl (C=O) groups excluding carboxylic acids is 3. The zero-order chi connectivity index (χ0) is 35.7. The van der Waals surface area contributed by atoms with E-state index in [9.17, 15) is 27.6 Å². The molecule has 0 radical (unpaired) electrons. The van der Waals surface area contributed by atoms with Crippen LogP contribution < -0.4 is 31.3 Å². The van der Waals surface area contributed by atoms with E-state index in [1.807, 2.05) is 26.0 Å². The predicted octanol–water partition coefficient (Wildman–Crippen LogP) is 5.35. The summed E-state index contributed by atoms with van der Waals surface area (Å²) in [6, 6.07) is 13.1. The molecule has 3 amide bonds. The molecule has 1 heterocycles. The molecule has 0 saturated heterocycles. The second-order valence-electron chi connectivity index (χ2n) is 12.8. The van der Waals surface area contributed by atoms with Gasteiger partial charge in [0, 0.05) is 42.8 Å². The van der Waals surface area contributed by atoms with Crippen molar-refractivity contribution in [3.05, 3.63) is 64.7 Å². The number of hydrogen-bond donors (Lipinski definition) is 5. The van der Waals surface area contributed by atoms with Crippen LogP contribution in [0.4, 0.5) is 30.8 Å². The number of nitrogens with zero attached hydrogens (tertiary/aromatic N) is 3. The van der Waals surface area contributed by atoms with Crippen LogP contribution in [0.15, 0.2) is 48.5 Å². The van der Waals surface area contributed by atoms with E-state index < -0.39 is 24.3 Å². The summed E-state index contributed by atoms with van der Waals surface area (Å²) in [5.41, 5.74) is 0.964. The van der Waals surface area contributed by atoms with Crippen LogP contribution >= 0.6 is 11.6 Å². The third kappa shape index (κ3) is 12.7. The van der Waals surface area contributed by atoms with Gasteiger partial charge >= 0.3 is 12.2 Å². The number of benzene rings is 2. The molecule has 5 rings (SSSR count). The van der Waals surface area contributed by atoms with Crippen LogP contribution in [0.1, 0.15) is 62.4 Å². The van der Waals surface area contributed by atoms with Gasteiger partial charge in [0.15, 0.2) is 6.61 Å². The predicted molar refractivity (Wildman–Crippen MR) is 179 cm³/mol. The summed E-state index contributed by atoms with van der Waals surface area (Å²) in [4.78, 5) is 45.8. The first-order valence-corrected chi connectivity index (χ1v) is 16.1. The van der Waals surface area contributed by atoms with E-state index in [1.54, 1.807) is 36.4 Å². The van der Waals surface area contributed by atoms with E-state index in [0.29, 0.717) is 29.4 Å². The summed E-state index contributed by atoms with van der Waals surface area (Å²) in [5, 5.41) is 14.9. The highest BCUT2D eigenvalue weighted by Gasteiger charge is 2.45. The van der Waals surface area contributed by atoms with Crippen LogP contribution in [-0.4, -0.2) is 65.6 Å². The molecule has 1 aromatic heterocycles. The summed E-state index contributed by atoms with van der Waals surface area (Å²) < 4.78 is 43.3. The van der Waals surface area contributed by atoms with Gasteiger partial charge in [-0.15, -0.1) is 0 Å². The number of aromatic nitrogens is 3. The zero-order valence-corrected chi connectivity index (χ0v) is 28.2. The maximum atomic E-state index is 12.8. The number of alkyl halides is 3. The van der Waals surface area contributed by atoms with Gasteiger partial charge in [-0.05, 0) is 79.0 Å². The van der Waals surface area contributed by atoms with Crippen molar-refractivity contribution in [3.63, 3.8) is 0 Å². The Labute approximate surface area is 287 Å². The Morgan fingerprint density at radius 2 is 1.59 bits per heavy atom. The Bertz CT molecular complexity index is 1580. The van der Waals surface area contributed by atoms with Gasteiger partial charge < -0.3 is 31.3 Å². The Balaban J connectivity index is 0.000000686. The van der Waals surface area contributed by atoms with E-state index in [-0.39, 0.29) is 29.1 Å². The van der Waals surface area contributed by atoms with Gasteiger partial charge in [0.25, 0.3) is 5.91 Å². The Hall–Kier alpha value is -4.66. The average molecular weight is 705 g/mol. The van der Waals surface area contributed by atoms with Crippen LogP contribution in [0.3, 0.4) is 0 Å². The number of carbonyl (C=O) groups is 3. The van der Waals surface area contributed by atoms with Gasteiger partial charge in [-0.25, -0.2) is 0 Å². The first kappa shape index (κ1) is 37.2. The molecule has 0 atom stereocenters. The topological polar surface area (TPSA) is 159 Å². The molecule has 3 aromatic rings. The zero-order valence-electron chi connectivity index (χ0n) is 27.4. The van der Waals surface area contributed by atoms with Gasteiger partial charge in [-0.2, -0.15) is 28.1 Å². The monoisotopic (exact) mass is 704 g/mol. The van der Waals surface area contributed by atoms with Gasteiger partial charge in [-0.1, -0.05) is 37.6 Å². The van der Waals surface area contributed by atoms with Crippen LogP contribution in [0, 0.1) is 11.3 Å². The molecule has 2 fully saturated rings. The highest BCUT2D eigenvalue weighted by Crippen LogP contribution is 2.48. The van der Waals surface area contributed by atoms with Crippen molar-refractivity contribution < 1.29 is 32.3 Å². The number of ether oxygens (including phenoxy) is 1. The van der Waals surface area contributed by atoms with Gasteiger partial charge in [0.1, 0.15) is 0 Å². The summed E-state index contributed by atoms with van der Waals surface area (Å²) in [6.07, 6.45) is 0.315. The summed E-state index contributed by atoms with van der Waals surface area (Å²) in [6.45, 7) is 5.34. The standard InChI is InChI=1S/C28H31ClF3N7O3.C5H9NO/c1-17(40)33-14-26(2,3)15-34-22(41)18-4-10-21(11-5-18)35-23-36-24(38-25(37-23)42-16-28(30,31)32)39-27(12-13-27)19-6-8-20(29)9-7-19;7-4-6-3-5-1-2-5/h4-11H,12-16H2,1-3H3,(H,33,40)(H,34,41)(H2,35,36,37,38,39);4-5H,1-3H2,(H,6,7). The summed E-state index contributed by atoms with van der Waals surface area (Å²) >= 11 is 6.01.